The van der Waals surface area contributed by atoms with E-state index in [1.807, 2.05) is 12.1 Å². The average molecular weight is 336 g/mol. The molecule has 23 heavy (non-hydrogen) atoms. The number of thioether (sulfide) groups is 1. The number of hydrogen-bond donors (Lipinski definition) is 2. The second-order valence-corrected chi connectivity index (χ2v) is 6.97. The molecular weight excluding hydrogens is 316 g/mol. The van der Waals surface area contributed by atoms with E-state index in [-0.39, 0.29) is 29.7 Å². The number of carboxylic acid groups (broad SMARTS) is 1. The van der Waals surface area contributed by atoms with E-state index in [4.69, 9.17) is 5.11 Å². The van der Waals surface area contributed by atoms with Crippen LogP contribution in [0.3, 0.4) is 0 Å². The van der Waals surface area contributed by atoms with Gasteiger partial charge in [0.05, 0.1) is 5.25 Å². The molecule has 1 aromatic carbocycles. The SMILES string of the molecule is CC(=O)Nc1ccc(SC(C)C(=O)N(CC(=O)O)C2CC2)cc1. The van der Waals surface area contributed by atoms with Gasteiger partial charge >= 0.3 is 5.97 Å². The summed E-state index contributed by atoms with van der Waals surface area (Å²) in [6, 6.07) is 7.29. The molecule has 1 aliphatic rings. The van der Waals surface area contributed by atoms with Gasteiger partial charge in [-0.2, -0.15) is 0 Å². The minimum Gasteiger partial charge on any atom is -0.480 e. The molecule has 1 fully saturated rings. The third kappa shape index (κ3) is 5.28. The number of hydrogen-bond acceptors (Lipinski definition) is 4. The molecule has 1 saturated carbocycles. The Hall–Kier alpha value is -2.02. The van der Waals surface area contributed by atoms with Crippen molar-refractivity contribution in [2.75, 3.05) is 11.9 Å². The van der Waals surface area contributed by atoms with Crippen molar-refractivity contribution in [2.45, 2.75) is 42.9 Å². The lowest BCUT2D eigenvalue weighted by molar-refractivity contribution is -0.144. The van der Waals surface area contributed by atoms with Gasteiger partial charge in [-0.25, -0.2) is 0 Å². The van der Waals surface area contributed by atoms with Gasteiger partial charge in [0.15, 0.2) is 0 Å². The molecule has 6 nitrogen and oxygen atoms in total. The molecule has 0 heterocycles. The number of nitrogens with zero attached hydrogens (tertiary/aromatic N) is 1. The van der Waals surface area contributed by atoms with Crippen LogP contribution in [0.5, 0.6) is 0 Å². The minimum atomic E-state index is -0.984. The molecule has 0 radical (unpaired) electrons. The van der Waals surface area contributed by atoms with Crippen molar-refractivity contribution in [1.29, 1.82) is 0 Å². The maximum atomic E-state index is 12.5. The van der Waals surface area contributed by atoms with Crippen molar-refractivity contribution in [3.05, 3.63) is 24.3 Å². The van der Waals surface area contributed by atoms with E-state index in [1.165, 1.54) is 23.6 Å². The second kappa shape index (κ2) is 7.50. The quantitative estimate of drug-likeness (QED) is 0.746. The van der Waals surface area contributed by atoms with Crippen LogP contribution in [-0.4, -0.2) is 45.6 Å². The second-order valence-electron chi connectivity index (χ2n) is 5.56. The van der Waals surface area contributed by atoms with E-state index in [0.29, 0.717) is 5.69 Å². The van der Waals surface area contributed by atoms with E-state index in [0.717, 1.165) is 17.7 Å². The molecule has 1 aromatic rings. The molecule has 7 heteroatoms. The van der Waals surface area contributed by atoms with Crippen LogP contribution in [0.2, 0.25) is 0 Å². The van der Waals surface area contributed by atoms with Gasteiger partial charge < -0.3 is 15.3 Å². The number of anilines is 1. The van der Waals surface area contributed by atoms with Crippen LogP contribution < -0.4 is 5.32 Å². The van der Waals surface area contributed by atoms with Crippen molar-refractivity contribution in [3.8, 4) is 0 Å². The summed E-state index contributed by atoms with van der Waals surface area (Å²) < 4.78 is 0. The van der Waals surface area contributed by atoms with E-state index in [2.05, 4.69) is 5.32 Å². The maximum absolute atomic E-state index is 12.5. The zero-order chi connectivity index (χ0) is 17.0. The number of carbonyl (C=O) groups is 3. The third-order valence-electron chi connectivity index (χ3n) is 3.41. The minimum absolute atomic E-state index is 0.0730. The predicted octanol–water partition coefficient (Wildman–Crippen LogP) is 2.20. The molecule has 0 aromatic heterocycles. The van der Waals surface area contributed by atoms with Crippen molar-refractivity contribution in [1.82, 2.24) is 4.90 Å². The van der Waals surface area contributed by atoms with Crippen LogP contribution >= 0.6 is 11.8 Å². The van der Waals surface area contributed by atoms with Crippen molar-refractivity contribution >= 4 is 35.2 Å². The zero-order valence-corrected chi connectivity index (χ0v) is 13.9. The highest BCUT2D eigenvalue weighted by atomic mass is 32.2. The summed E-state index contributed by atoms with van der Waals surface area (Å²) in [6.07, 6.45) is 1.75. The summed E-state index contributed by atoms with van der Waals surface area (Å²) in [5, 5.41) is 11.3. The van der Waals surface area contributed by atoms with E-state index >= 15 is 0 Å². The number of benzene rings is 1. The molecule has 1 unspecified atom stereocenters. The summed E-state index contributed by atoms with van der Waals surface area (Å²) >= 11 is 1.38. The Kier molecular flexibility index (Phi) is 5.65. The highest BCUT2D eigenvalue weighted by molar-refractivity contribution is 8.00. The lowest BCUT2D eigenvalue weighted by Gasteiger charge is -2.23. The molecule has 0 spiro atoms. The molecule has 0 bridgehead atoms. The summed E-state index contributed by atoms with van der Waals surface area (Å²) in [6.45, 7) is 2.99. The first kappa shape index (κ1) is 17.3. The van der Waals surface area contributed by atoms with Crippen LogP contribution in [0.25, 0.3) is 0 Å². The fraction of sp³-hybridized carbons (Fsp3) is 0.438. The van der Waals surface area contributed by atoms with Crippen molar-refractivity contribution < 1.29 is 19.5 Å². The smallest absolute Gasteiger partial charge is 0.323 e. The Morgan fingerprint density at radius 3 is 2.39 bits per heavy atom. The number of rotatable bonds is 7. The summed E-state index contributed by atoms with van der Waals surface area (Å²) in [4.78, 5) is 36.7. The average Bonchev–Trinajstić information content (AvgIpc) is 3.30. The van der Waals surface area contributed by atoms with Gasteiger partial charge in [-0.3, -0.25) is 14.4 Å². The number of carboxylic acids is 1. The van der Waals surface area contributed by atoms with Crippen molar-refractivity contribution in [2.24, 2.45) is 0 Å². The Morgan fingerprint density at radius 1 is 1.30 bits per heavy atom. The number of aliphatic carboxylic acids is 1. The van der Waals surface area contributed by atoms with Crippen LogP contribution in [0.1, 0.15) is 26.7 Å². The van der Waals surface area contributed by atoms with Gasteiger partial charge in [-0.15, -0.1) is 11.8 Å². The Bertz CT molecular complexity index is 599. The number of nitrogens with one attached hydrogen (secondary N) is 1. The topological polar surface area (TPSA) is 86.7 Å². The van der Waals surface area contributed by atoms with E-state index < -0.39 is 5.97 Å². The largest absolute Gasteiger partial charge is 0.480 e. The van der Waals surface area contributed by atoms with Crippen LogP contribution in [-0.2, 0) is 14.4 Å². The molecule has 124 valence electrons. The normalized spacial score (nSPS) is 14.9. The lowest BCUT2D eigenvalue weighted by atomic mass is 10.3. The number of amides is 2. The molecule has 0 aliphatic heterocycles. The van der Waals surface area contributed by atoms with E-state index in [1.54, 1.807) is 19.1 Å². The first-order chi connectivity index (χ1) is 10.9. The van der Waals surface area contributed by atoms with Crippen LogP contribution in [0.4, 0.5) is 5.69 Å². The standard InChI is InChI=1S/C16H20N2O4S/c1-10(16(22)18(9-15(20)21)13-5-6-13)23-14-7-3-12(4-8-14)17-11(2)19/h3-4,7-8,10,13H,5-6,9H2,1-2H3,(H,17,19)(H,20,21). The summed E-state index contributed by atoms with van der Waals surface area (Å²) in [5.74, 6) is -1.27. The highest BCUT2D eigenvalue weighted by Gasteiger charge is 2.35. The summed E-state index contributed by atoms with van der Waals surface area (Å²) in [7, 11) is 0. The molecule has 1 atom stereocenters. The zero-order valence-electron chi connectivity index (χ0n) is 13.1. The van der Waals surface area contributed by atoms with Crippen LogP contribution in [0, 0.1) is 0 Å². The van der Waals surface area contributed by atoms with Crippen LogP contribution in [0.15, 0.2) is 29.2 Å². The third-order valence-corrected chi connectivity index (χ3v) is 4.51. The van der Waals surface area contributed by atoms with Gasteiger partial charge in [-0.1, -0.05) is 0 Å². The fourth-order valence-electron chi connectivity index (χ4n) is 2.23. The molecule has 0 saturated heterocycles. The monoisotopic (exact) mass is 336 g/mol. The van der Waals surface area contributed by atoms with Gasteiger partial charge in [0.2, 0.25) is 11.8 Å². The molecule has 2 amide bonds. The predicted molar refractivity (Wildman–Crippen MR) is 88.4 cm³/mol. The van der Waals surface area contributed by atoms with Gasteiger partial charge in [0, 0.05) is 23.5 Å². The first-order valence-electron chi connectivity index (χ1n) is 7.43. The molecule has 2 rings (SSSR count). The summed E-state index contributed by atoms with van der Waals surface area (Å²) in [5.41, 5.74) is 0.700. The van der Waals surface area contributed by atoms with Crippen molar-refractivity contribution in [3.63, 3.8) is 0 Å². The molecule has 2 N–H and O–H groups in total. The van der Waals surface area contributed by atoms with Gasteiger partial charge in [0.25, 0.3) is 0 Å². The fourth-order valence-corrected chi connectivity index (χ4v) is 3.16. The van der Waals surface area contributed by atoms with Gasteiger partial charge in [0.1, 0.15) is 6.54 Å². The molecule has 1 aliphatic carbocycles. The first-order valence-corrected chi connectivity index (χ1v) is 8.31. The number of carbonyl (C=O) groups excluding carboxylic acids is 2. The molecular formula is C16H20N2O4S. The Morgan fingerprint density at radius 2 is 1.91 bits per heavy atom. The maximum Gasteiger partial charge on any atom is 0.323 e. The Labute approximate surface area is 139 Å². The van der Waals surface area contributed by atoms with E-state index in [9.17, 15) is 14.4 Å². The van der Waals surface area contributed by atoms with Gasteiger partial charge in [-0.05, 0) is 44.0 Å². The lowest BCUT2D eigenvalue weighted by Crippen LogP contribution is -2.41. The highest BCUT2D eigenvalue weighted by Crippen LogP contribution is 2.31. The Balaban J connectivity index is 1.96.